The average Bonchev–Trinajstić information content (AvgIpc) is 2.84. The highest BCUT2D eigenvalue weighted by molar-refractivity contribution is 6.12. The summed E-state index contributed by atoms with van der Waals surface area (Å²) < 4.78 is 0. The second-order valence-corrected chi connectivity index (χ2v) is 6.89. The van der Waals surface area contributed by atoms with E-state index in [0.29, 0.717) is 12.1 Å². The lowest BCUT2D eigenvalue weighted by molar-refractivity contribution is -0.394. The lowest BCUT2D eigenvalue weighted by atomic mass is 10.1. The minimum Gasteiger partial charge on any atom is -0.320 e. The number of hydrogen-bond acceptors (Lipinski definition) is 10. The maximum Gasteiger partial charge on any atom is 0.289 e. The molecule has 0 aromatic heterocycles. The van der Waals surface area contributed by atoms with Crippen LogP contribution >= 0.6 is 0 Å². The Labute approximate surface area is 198 Å². The normalized spacial score (nSPS) is 10.2. The molecule has 0 aliphatic carbocycles. The van der Waals surface area contributed by atoms with Crippen molar-refractivity contribution in [2.24, 2.45) is 0 Å². The number of amides is 2. The van der Waals surface area contributed by atoms with Crippen LogP contribution < -0.4 is 10.6 Å². The maximum absolute atomic E-state index is 12.7. The van der Waals surface area contributed by atoms with E-state index in [1.165, 1.54) is 24.3 Å². The Kier molecular flexibility index (Phi) is 6.90. The minimum atomic E-state index is -1.03. The van der Waals surface area contributed by atoms with Crippen LogP contribution in [0.4, 0.5) is 34.1 Å². The first kappa shape index (κ1) is 24.8. The Morgan fingerprint density at radius 1 is 0.556 bits per heavy atom. The molecule has 36 heavy (non-hydrogen) atoms. The predicted molar refractivity (Wildman–Crippen MR) is 122 cm³/mol. The van der Waals surface area contributed by atoms with Gasteiger partial charge in [0.25, 0.3) is 34.6 Å². The van der Waals surface area contributed by atoms with Crippen molar-refractivity contribution in [3.8, 4) is 0 Å². The van der Waals surface area contributed by atoms with E-state index in [-0.39, 0.29) is 11.4 Å². The van der Waals surface area contributed by atoms with Crippen molar-refractivity contribution < 1.29 is 29.3 Å². The van der Waals surface area contributed by atoms with Gasteiger partial charge in [0.05, 0.1) is 43.2 Å². The molecule has 16 heteroatoms. The van der Waals surface area contributed by atoms with Crippen LogP contribution in [0.5, 0.6) is 0 Å². The second kappa shape index (κ2) is 10.00. The van der Waals surface area contributed by atoms with Crippen molar-refractivity contribution >= 4 is 45.9 Å². The fourth-order valence-corrected chi connectivity index (χ4v) is 3.03. The zero-order chi connectivity index (χ0) is 26.6. The number of nitrogens with one attached hydrogen (secondary N) is 2. The van der Waals surface area contributed by atoms with Crippen molar-refractivity contribution in [3.63, 3.8) is 0 Å². The van der Waals surface area contributed by atoms with E-state index < -0.39 is 65.4 Å². The van der Waals surface area contributed by atoms with Gasteiger partial charge in [-0.05, 0) is 24.3 Å². The largest absolute Gasteiger partial charge is 0.320 e. The molecular formula is C20H12N6O10. The Morgan fingerprint density at radius 2 is 0.917 bits per heavy atom. The number of para-hydroxylation sites is 2. The maximum atomic E-state index is 12.7. The molecule has 0 saturated heterocycles. The van der Waals surface area contributed by atoms with Crippen molar-refractivity contribution in [2.45, 2.75) is 0 Å². The summed E-state index contributed by atoms with van der Waals surface area (Å²) in [5.74, 6) is -2.06. The fraction of sp³-hybridized carbons (Fsp3) is 0. The summed E-state index contributed by atoms with van der Waals surface area (Å²) in [6.45, 7) is 0. The number of nitro benzene ring substituents is 4. The first-order valence-electron chi connectivity index (χ1n) is 9.57. The van der Waals surface area contributed by atoms with Gasteiger partial charge in [0.15, 0.2) is 0 Å². The number of nitrogens with zero attached hydrogens (tertiary/aromatic N) is 4. The molecule has 0 heterocycles. The van der Waals surface area contributed by atoms with Crippen molar-refractivity contribution in [1.29, 1.82) is 0 Å². The zero-order valence-electron chi connectivity index (χ0n) is 17.6. The molecule has 0 spiro atoms. The predicted octanol–water partition coefficient (Wildman–Crippen LogP) is 3.82. The number of nitro groups is 4. The van der Waals surface area contributed by atoms with E-state index >= 15 is 0 Å². The second-order valence-electron chi connectivity index (χ2n) is 6.89. The van der Waals surface area contributed by atoms with Crippen molar-refractivity contribution in [1.82, 2.24) is 0 Å². The lowest BCUT2D eigenvalue weighted by Gasteiger charge is -2.12. The van der Waals surface area contributed by atoms with Gasteiger partial charge in [0.1, 0.15) is 11.1 Å². The number of benzene rings is 3. The molecule has 0 bridgehead atoms. The molecule has 3 rings (SSSR count). The van der Waals surface area contributed by atoms with Gasteiger partial charge in [-0.25, -0.2) is 0 Å². The molecule has 3 aromatic carbocycles. The van der Waals surface area contributed by atoms with Crippen LogP contribution in [0.15, 0.2) is 60.7 Å². The van der Waals surface area contributed by atoms with Gasteiger partial charge < -0.3 is 10.6 Å². The number of anilines is 2. The van der Waals surface area contributed by atoms with Crippen LogP contribution in [0.1, 0.15) is 20.7 Å². The third-order valence-corrected chi connectivity index (χ3v) is 4.69. The van der Waals surface area contributed by atoms with Gasteiger partial charge >= 0.3 is 0 Å². The average molecular weight is 496 g/mol. The third-order valence-electron chi connectivity index (χ3n) is 4.69. The van der Waals surface area contributed by atoms with Gasteiger partial charge in [-0.2, -0.15) is 0 Å². The van der Waals surface area contributed by atoms with Crippen LogP contribution in [0.2, 0.25) is 0 Å². The monoisotopic (exact) mass is 496 g/mol. The molecule has 2 amide bonds. The van der Waals surface area contributed by atoms with Crippen LogP contribution in [0.25, 0.3) is 0 Å². The number of non-ortho nitro benzene ring substituents is 2. The van der Waals surface area contributed by atoms with E-state index in [1.807, 2.05) is 0 Å². The summed E-state index contributed by atoms with van der Waals surface area (Å²) in [7, 11) is 0. The van der Waals surface area contributed by atoms with Crippen molar-refractivity contribution in [3.05, 3.63) is 112 Å². The van der Waals surface area contributed by atoms with E-state index in [4.69, 9.17) is 0 Å². The third kappa shape index (κ3) is 5.22. The highest BCUT2D eigenvalue weighted by Crippen LogP contribution is 2.29. The van der Waals surface area contributed by atoms with Crippen LogP contribution in [0.3, 0.4) is 0 Å². The number of carbonyl (C=O) groups excluding carboxylic acids is 2. The Bertz CT molecular complexity index is 1350. The highest BCUT2D eigenvalue weighted by atomic mass is 16.6. The molecule has 182 valence electrons. The molecule has 0 aliphatic rings. The molecule has 0 fully saturated rings. The van der Waals surface area contributed by atoms with E-state index in [9.17, 15) is 50.0 Å². The van der Waals surface area contributed by atoms with Crippen molar-refractivity contribution in [2.75, 3.05) is 10.6 Å². The van der Waals surface area contributed by atoms with Gasteiger partial charge in [-0.1, -0.05) is 12.1 Å². The topological polar surface area (TPSA) is 231 Å². The fourth-order valence-electron chi connectivity index (χ4n) is 3.03. The molecule has 2 N–H and O–H groups in total. The molecule has 0 unspecified atom stereocenters. The van der Waals surface area contributed by atoms with Gasteiger partial charge in [-0.3, -0.25) is 50.0 Å². The minimum absolute atomic E-state index is 0.0620. The smallest absolute Gasteiger partial charge is 0.289 e. The van der Waals surface area contributed by atoms with Crippen LogP contribution in [-0.2, 0) is 0 Å². The summed E-state index contributed by atoms with van der Waals surface area (Å²) in [4.78, 5) is 66.2. The molecule has 0 aliphatic heterocycles. The summed E-state index contributed by atoms with van der Waals surface area (Å²) in [5.41, 5.74) is -3.99. The lowest BCUT2D eigenvalue weighted by Crippen LogP contribution is -2.18. The Balaban J connectivity index is 1.92. The first-order valence-corrected chi connectivity index (χ1v) is 9.57. The molecule has 0 atom stereocenters. The Hall–Kier alpha value is -5.80. The van der Waals surface area contributed by atoms with Gasteiger partial charge in [0.2, 0.25) is 0 Å². The summed E-state index contributed by atoms with van der Waals surface area (Å²) in [5, 5.41) is 49.1. The molecule has 0 radical (unpaired) electrons. The van der Waals surface area contributed by atoms with Crippen LogP contribution in [0, 0.1) is 40.5 Å². The van der Waals surface area contributed by atoms with Gasteiger partial charge in [0, 0.05) is 12.1 Å². The summed E-state index contributed by atoms with van der Waals surface area (Å²) in [6, 6.07) is 10.4. The molecular weight excluding hydrogens is 484 g/mol. The van der Waals surface area contributed by atoms with E-state index in [1.54, 1.807) is 0 Å². The quantitative estimate of drug-likeness (QED) is 0.338. The van der Waals surface area contributed by atoms with Gasteiger partial charge in [-0.15, -0.1) is 0 Å². The first-order chi connectivity index (χ1) is 17.0. The SMILES string of the molecule is O=C(Nc1ccccc1NC(=O)c1ccc([N+](=O)[O-])cc1[N+](=O)[O-])c1ccc([N+](=O)[O-])cc1[N+](=O)[O-]. The molecule has 0 saturated carbocycles. The molecule has 3 aromatic rings. The number of hydrogen-bond donors (Lipinski definition) is 2. The highest BCUT2D eigenvalue weighted by Gasteiger charge is 2.26. The summed E-state index contributed by atoms with van der Waals surface area (Å²) in [6.07, 6.45) is 0. The zero-order valence-corrected chi connectivity index (χ0v) is 17.6. The number of rotatable bonds is 8. The standard InChI is InChI=1S/C20H12N6O10/c27-19(13-7-5-11(23(29)30)9-17(13)25(33)34)21-15-3-1-2-4-16(15)22-20(28)14-8-6-12(24(31)32)10-18(14)26(35)36/h1-10H,(H,21,27)(H,22,28). The Morgan fingerprint density at radius 3 is 1.22 bits per heavy atom. The summed E-state index contributed by atoms with van der Waals surface area (Å²) >= 11 is 0. The van der Waals surface area contributed by atoms with Crippen LogP contribution in [-0.4, -0.2) is 31.5 Å². The molecule has 16 nitrogen and oxygen atoms in total. The van der Waals surface area contributed by atoms with E-state index in [0.717, 1.165) is 24.3 Å². The van der Waals surface area contributed by atoms with E-state index in [2.05, 4.69) is 10.6 Å². The number of carbonyl (C=O) groups is 2.